The summed E-state index contributed by atoms with van der Waals surface area (Å²) in [4.78, 5) is 20.6. The van der Waals surface area contributed by atoms with Crippen molar-refractivity contribution < 1.29 is 24.1 Å². The summed E-state index contributed by atoms with van der Waals surface area (Å²) in [7, 11) is -3.81. The molecule has 4 aromatic rings. The Labute approximate surface area is 209 Å². The summed E-state index contributed by atoms with van der Waals surface area (Å²) in [5.74, 6) is -0.217. The van der Waals surface area contributed by atoms with Crippen LogP contribution < -0.4 is 21.4 Å². The minimum atomic E-state index is -3.81. The van der Waals surface area contributed by atoms with Crippen molar-refractivity contribution in [2.24, 2.45) is 16.0 Å². The van der Waals surface area contributed by atoms with Crippen molar-refractivity contribution in [3.8, 4) is 5.69 Å². The fourth-order valence-electron chi connectivity index (χ4n) is 3.07. The van der Waals surface area contributed by atoms with Crippen LogP contribution in [0.1, 0.15) is 5.69 Å². The van der Waals surface area contributed by atoms with E-state index in [1.807, 2.05) is 34.9 Å². The number of rotatable bonds is 6. The number of sulfonamides is 1. The molecule has 0 aliphatic carbocycles. The highest BCUT2D eigenvalue weighted by Gasteiger charge is 2.18. The Morgan fingerprint density at radius 1 is 1.14 bits per heavy atom. The molecule has 15 nitrogen and oxygen atoms in total. The second kappa shape index (κ2) is 11.0. The quantitative estimate of drug-likeness (QED) is 0.0802. The summed E-state index contributed by atoms with van der Waals surface area (Å²) in [6.07, 6.45) is 3.46. The number of H-pyrrole nitrogens is 1. The van der Waals surface area contributed by atoms with Crippen molar-refractivity contribution in [1.82, 2.24) is 14.3 Å². The van der Waals surface area contributed by atoms with Crippen molar-refractivity contribution in [2.75, 3.05) is 4.72 Å². The molecule has 2 aromatic carbocycles. The first-order chi connectivity index (χ1) is 17.5. The normalized spacial score (nSPS) is 11.1. The van der Waals surface area contributed by atoms with Gasteiger partial charge in [-0.2, -0.15) is 5.11 Å². The van der Waals surface area contributed by atoms with Gasteiger partial charge >= 0.3 is 11.5 Å². The lowest BCUT2D eigenvalue weighted by Crippen LogP contribution is -2.53. The van der Waals surface area contributed by atoms with Gasteiger partial charge in [-0.1, -0.05) is 22.9 Å². The number of nitrogens with zero attached hydrogens (tertiary/aromatic N) is 5. The second-order valence-corrected chi connectivity index (χ2v) is 9.01. The summed E-state index contributed by atoms with van der Waals surface area (Å²) in [6, 6.07) is 17.0. The zero-order valence-corrected chi connectivity index (χ0v) is 20.0. The summed E-state index contributed by atoms with van der Waals surface area (Å²) >= 11 is 0. The van der Waals surface area contributed by atoms with Gasteiger partial charge in [0.25, 0.3) is 15.1 Å². The second-order valence-electron chi connectivity index (χ2n) is 7.33. The first-order valence-electron chi connectivity index (χ1n) is 10.3. The molecule has 0 aliphatic rings. The van der Waals surface area contributed by atoms with Gasteiger partial charge in [0.15, 0.2) is 5.69 Å². The lowest BCUT2D eigenvalue weighted by Gasteiger charge is -2.06. The standard InChI is InChI=1S/C21H20N8O3S.HNO3/c1-14-19(20(30)29(26-14)21(22)23)25-24-15-7-9-18(10-8-15)33(31,32)27-16-11-12-28(13-16)17-5-3-2-4-6-17;2-1(3)4/h2-13,26-27H,1H3,(H3,22,23);(H,2,3,4)/p+1. The first-order valence-corrected chi connectivity index (χ1v) is 11.8. The minimum absolute atomic E-state index is 0.0460. The average Bonchev–Trinajstić information content (AvgIpc) is 3.42. The van der Waals surface area contributed by atoms with Crippen LogP contribution in [0.3, 0.4) is 0 Å². The maximum absolute atomic E-state index is 12.7. The van der Waals surface area contributed by atoms with Crippen LogP contribution >= 0.6 is 0 Å². The van der Waals surface area contributed by atoms with Gasteiger partial charge in [0.05, 0.1) is 22.0 Å². The van der Waals surface area contributed by atoms with E-state index in [1.165, 1.54) is 24.3 Å². The summed E-state index contributed by atoms with van der Waals surface area (Å²) in [6.45, 7) is 1.63. The van der Waals surface area contributed by atoms with E-state index in [1.54, 1.807) is 25.4 Å². The third-order valence-electron chi connectivity index (χ3n) is 4.71. The Kier molecular flexibility index (Phi) is 7.83. The Bertz CT molecular complexity index is 1600. The number of aryl methyl sites for hydroxylation is 1. The molecule has 0 atom stereocenters. The smallest absolute Gasteiger partial charge is 0.328 e. The Balaban J connectivity index is 0.000000886. The van der Waals surface area contributed by atoms with Crippen LogP contribution in [-0.4, -0.2) is 39.0 Å². The van der Waals surface area contributed by atoms with Gasteiger partial charge in [0.2, 0.25) is 0 Å². The Morgan fingerprint density at radius 3 is 2.32 bits per heavy atom. The lowest BCUT2D eigenvalue weighted by atomic mass is 10.3. The molecule has 0 spiro atoms. The van der Waals surface area contributed by atoms with Crippen molar-refractivity contribution in [3.05, 3.63) is 99.2 Å². The number of nitrogens with two attached hydrogens (primary N) is 2. The molecule has 7 N–H and O–H groups in total. The maximum Gasteiger partial charge on any atom is 0.371 e. The van der Waals surface area contributed by atoms with E-state index in [0.29, 0.717) is 17.1 Å². The third kappa shape index (κ3) is 6.67. The van der Waals surface area contributed by atoms with Gasteiger partial charge in [-0.3, -0.25) is 15.9 Å². The van der Waals surface area contributed by atoms with Gasteiger partial charge < -0.3 is 9.77 Å². The van der Waals surface area contributed by atoms with Gasteiger partial charge in [0.1, 0.15) is 0 Å². The van der Waals surface area contributed by atoms with E-state index >= 15 is 0 Å². The number of nitrogens with one attached hydrogen (secondary N) is 2. The van der Waals surface area contributed by atoms with Crippen LogP contribution in [-0.2, 0) is 10.0 Å². The Hall–Kier alpha value is -5.25. The van der Waals surface area contributed by atoms with Crippen LogP contribution in [0.2, 0.25) is 0 Å². The van der Waals surface area contributed by atoms with Gasteiger partial charge in [-0.25, -0.2) is 18.3 Å². The van der Waals surface area contributed by atoms with Crippen molar-refractivity contribution in [1.29, 1.82) is 0 Å². The number of anilines is 1. The molecule has 0 saturated heterocycles. The molecule has 2 heterocycles. The number of azo groups is 1. The monoisotopic (exact) mass is 528 g/mol. The minimum Gasteiger partial charge on any atom is -0.328 e. The van der Waals surface area contributed by atoms with Crippen molar-refractivity contribution in [3.63, 3.8) is 0 Å². The topological polar surface area (TPSA) is 229 Å². The third-order valence-corrected chi connectivity index (χ3v) is 6.11. The molecular weight excluding hydrogens is 506 g/mol. The number of benzene rings is 2. The molecule has 4 rings (SSSR count). The molecular formula is C21H22N9O6S+. The Morgan fingerprint density at radius 2 is 1.76 bits per heavy atom. The molecule has 0 amide bonds. The molecule has 0 bridgehead atoms. The number of hydrogen-bond acceptors (Lipinski definition) is 7. The molecule has 0 aliphatic heterocycles. The van der Waals surface area contributed by atoms with E-state index in [-0.39, 0.29) is 16.5 Å². The van der Waals surface area contributed by atoms with Gasteiger partial charge in [-0.05, 0) is 49.4 Å². The van der Waals surface area contributed by atoms with E-state index in [9.17, 15) is 13.2 Å². The zero-order chi connectivity index (χ0) is 27.2. The molecule has 0 radical (unpaired) electrons. The molecule has 0 unspecified atom stereocenters. The van der Waals surface area contributed by atoms with Crippen molar-refractivity contribution >= 4 is 33.0 Å². The van der Waals surface area contributed by atoms with Gasteiger partial charge in [0, 0.05) is 18.1 Å². The number of hydrogen-bond donors (Lipinski definition) is 5. The lowest BCUT2D eigenvalue weighted by molar-refractivity contribution is -0.742. The number of aromatic nitrogens is 3. The number of aromatic amines is 1. The highest BCUT2D eigenvalue weighted by molar-refractivity contribution is 7.92. The SMILES string of the molecule is Cc1[nH]n(C(N)=[NH2+])c(=O)c1N=Nc1ccc(S(=O)(=O)Nc2ccn(-c3ccccc3)c2)cc1.O=[N+]([O-])O. The van der Waals surface area contributed by atoms with Crippen molar-refractivity contribution in [2.45, 2.75) is 11.8 Å². The predicted molar refractivity (Wildman–Crippen MR) is 132 cm³/mol. The average molecular weight is 529 g/mol. The van der Waals surface area contributed by atoms with Crippen LogP contribution in [0.5, 0.6) is 0 Å². The van der Waals surface area contributed by atoms with E-state index in [4.69, 9.17) is 26.5 Å². The van der Waals surface area contributed by atoms with Crippen LogP contribution in [0.4, 0.5) is 17.1 Å². The van der Waals surface area contributed by atoms with E-state index < -0.39 is 20.7 Å². The summed E-state index contributed by atoms with van der Waals surface area (Å²) in [5.41, 5.74) is 7.08. The highest BCUT2D eigenvalue weighted by atomic mass is 32.2. The fourth-order valence-corrected chi connectivity index (χ4v) is 4.11. The molecule has 0 fully saturated rings. The maximum atomic E-state index is 12.7. The van der Waals surface area contributed by atoms with E-state index in [2.05, 4.69) is 20.0 Å². The van der Waals surface area contributed by atoms with Crippen LogP contribution in [0.15, 0.2) is 93.0 Å². The molecule has 37 heavy (non-hydrogen) atoms. The summed E-state index contributed by atoms with van der Waals surface area (Å²) in [5, 5.41) is 29.7. The number of para-hydroxylation sites is 1. The molecule has 0 saturated carbocycles. The molecule has 16 heteroatoms. The predicted octanol–water partition coefficient (Wildman–Crippen LogP) is 1.07. The zero-order valence-electron chi connectivity index (χ0n) is 19.2. The highest BCUT2D eigenvalue weighted by Crippen LogP contribution is 2.22. The molecule has 2 aromatic heterocycles. The largest absolute Gasteiger partial charge is 0.371 e. The van der Waals surface area contributed by atoms with Gasteiger partial charge in [-0.15, -0.1) is 15.2 Å². The van der Waals surface area contributed by atoms with Crippen LogP contribution in [0.25, 0.3) is 5.69 Å². The molecule has 192 valence electrons. The summed E-state index contributed by atoms with van der Waals surface area (Å²) < 4.78 is 30.8. The van der Waals surface area contributed by atoms with Crippen LogP contribution in [0, 0.1) is 17.0 Å². The van der Waals surface area contributed by atoms with E-state index in [0.717, 1.165) is 10.4 Å². The fraction of sp³-hybridized carbons (Fsp3) is 0.0476. The first kappa shape index (κ1) is 26.4.